The first kappa shape index (κ1) is 18.1. The van der Waals surface area contributed by atoms with Crippen LogP contribution in [0.1, 0.15) is 21.3 Å². The maximum absolute atomic E-state index is 12.9. The lowest BCUT2D eigenvalue weighted by Crippen LogP contribution is -2.30. The van der Waals surface area contributed by atoms with E-state index in [0.29, 0.717) is 23.6 Å². The number of carbonyl (C=O) groups excluding carboxylic acids is 1. The van der Waals surface area contributed by atoms with Crippen LogP contribution in [0.15, 0.2) is 42.5 Å². The highest BCUT2D eigenvalue weighted by atomic mass is 32.2. The molecule has 1 saturated heterocycles. The molecule has 1 heterocycles. The second-order valence-corrected chi connectivity index (χ2v) is 6.80. The number of amides is 1. The van der Waals surface area contributed by atoms with Gasteiger partial charge in [0.05, 0.1) is 19.1 Å². The van der Waals surface area contributed by atoms with E-state index in [1.165, 1.54) is 24.3 Å². The van der Waals surface area contributed by atoms with E-state index in [1.54, 1.807) is 30.9 Å². The third-order valence-corrected chi connectivity index (χ3v) is 5.42. The molecule has 136 valence electrons. The molecule has 0 radical (unpaired) electrons. The van der Waals surface area contributed by atoms with Crippen molar-refractivity contribution in [2.45, 2.75) is 5.37 Å². The third-order valence-electron chi connectivity index (χ3n) is 4.18. The zero-order chi connectivity index (χ0) is 18.7. The maximum atomic E-state index is 12.9. The summed E-state index contributed by atoms with van der Waals surface area (Å²) in [4.78, 5) is 25.0. The summed E-state index contributed by atoms with van der Waals surface area (Å²) >= 11 is 1.64. The molecule has 2 aromatic carbocycles. The van der Waals surface area contributed by atoms with Crippen molar-refractivity contribution in [2.24, 2.45) is 0 Å². The van der Waals surface area contributed by atoms with Crippen molar-refractivity contribution in [3.63, 3.8) is 0 Å². The van der Waals surface area contributed by atoms with Gasteiger partial charge in [0.2, 0.25) is 0 Å². The highest BCUT2D eigenvalue weighted by molar-refractivity contribution is 7.99. The van der Waals surface area contributed by atoms with Crippen molar-refractivity contribution in [1.82, 2.24) is 4.90 Å². The fraction of sp³-hybridized carbons (Fsp3) is 0.278. The lowest BCUT2D eigenvalue weighted by atomic mass is 10.1. The molecule has 0 spiro atoms. The van der Waals surface area contributed by atoms with Gasteiger partial charge in [0, 0.05) is 35.6 Å². The molecule has 2 aromatic rings. The molecule has 26 heavy (non-hydrogen) atoms. The van der Waals surface area contributed by atoms with Gasteiger partial charge in [-0.2, -0.15) is 0 Å². The van der Waals surface area contributed by atoms with Crippen molar-refractivity contribution in [3.05, 3.63) is 63.7 Å². The summed E-state index contributed by atoms with van der Waals surface area (Å²) in [6, 6.07) is 11.3. The quantitative estimate of drug-likeness (QED) is 0.588. The Kier molecular flexibility index (Phi) is 5.32. The van der Waals surface area contributed by atoms with E-state index in [0.717, 1.165) is 11.3 Å². The number of carbonyl (C=O) groups is 1. The number of non-ortho nitro benzene ring substituents is 1. The number of methoxy groups -OCH3 is 2. The van der Waals surface area contributed by atoms with Crippen LogP contribution in [0.25, 0.3) is 0 Å². The Bertz CT molecular complexity index is 825. The van der Waals surface area contributed by atoms with E-state index < -0.39 is 4.92 Å². The Morgan fingerprint density at radius 2 is 1.92 bits per heavy atom. The van der Waals surface area contributed by atoms with Crippen molar-refractivity contribution >= 4 is 23.4 Å². The van der Waals surface area contributed by atoms with Crippen LogP contribution in [0.3, 0.4) is 0 Å². The molecule has 8 heteroatoms. The van der Waals surface area contributed by atoms with Crippen LogP contribution in [-0.4, -0.2) is 42.2 Å². The van der Waals surface area contributed by atoms with Crippen molar-refractivity contribution in [2.75, 3.05) is 26.5 Å². The number of para-hydroxylation sites is 1. The molecule has 0 bridgehead atoms. The smallest absolute Gasteiger partial charge is 0.269 e. The Balaban J connectivity index is 1.91. The minimum atomic E-state index is -0.482. The lowest BCUT2D eigenvalue weighted by molar-refractivity contribution is -0.384. The van der Waals surface area contributed by atoms with Crippen LogP contribution >= 0.6 is 11.8 Å². The van der Waals surface area contributed by atoms with Gasteiger partial charge in [-0.25, -0.2) is 0 Å². The standard InChI is InChI=1S/C18H18N2O5S/c1-24-15-5-3-4-14(16(15)25-2)18-19(10-11-26-18)17(21)12-6-8-13(9-7-12)20(22)23/h3-9,18H,10-11H2,1-2H3/t18-/m0/s1. The SMILES string of the molecule is COc1cccc([C@@H]2SCCN2C(=O)c2ccc([N+](=O)[O-])cc2)c1OC. The summed E-state index contributed by atoms with van der Waals surface area (Å²) in [7, 11) is 3.15. The largest absolute Gasteiger partial charge is 0.493 e. The monoisotopic (exact) mass is 374 g/mol. The molecule has 1 fully saturated rings. The second-order valence-electron chi connectivity index (χ2n) is 5.61. The number of nitro benzene ring substituents is 1. The molecular weight excluding hydrogens is 356 g/mol. The maximum Gasteiger partial charge on any atom is 0.269 e. The highest BCUT2D eigenvalue weighted by Crippen LogP contribution is 2.45. The Labute approximate surface area is 155 Å². The summed E-state index contributed by atoms with van der Waals surface area (Å²) in [6.45, 7) is 0.589. The number of nitro groups is 1. The van der Waals surface area contributed by atoms with Gasteiger partial charge in [-0.1, -0.05) is 12.1 Å². The van der Waals surface area contributed by atoms with Crippen LogP contribution in [0.2, 0.25) is 0 Å². The molecule has 0 unspecified atom stereocenters. The van der Waals surface area contributed by atoms with E-state index in [4.69, 9.17) is 9.47 Å². The van der Waals surface area contributed by atoms with Gasteiger partial charge < -0.3 is 14.4 Å². The number of thioether (sulfide) groups is 1. The molecule has 1 atom stereocenters. The third kappa shape index (κ3) is 3.32. The van der Waals surface area contributed by atoms with Crippen molar-refractivity contribution < 1.29 is 19.2 Å². The minimum absolute atomic E-state index is 0.0386. The van der Waals surface area contributed by atoms with Gasteiger partial charge >= 0.3 is 0 Å². The number of nitrogens with zero attached hydrogens (tertiary/aromatic N) is 2. The van der Waals surface area contributed by atoms with Crippen LogP contribution in [0, 0.1) is 10.1 Å². The zero-order valence-corrected chi connectivity index (χ0v) is 15.2. The molecule has 0 aliphatic carbocycles. The fourth-order valence-electron chi connectivity index (χ4n) is 2.93. The van der Waals surface area contributed by atoms with Crippen LogP contribution in [0.5, 0.6) is 11.5 Å². The molecule has 0 saturated carbocycles. The summed E-state index contributed by atoms with van der Waals surface area (Å²) in [5.41, 5.74) is 1.25. The average Bonchev–Trinajstić information content (AvgIpc) is 3.16. The number of hydrogen-bond acceptors (Lipinski definition) is 6. The zero-order valence-electron chi connectivity index (χ0n) is 14.4. The van der Waals surface area contributed by atoms with Gasteiger partial charge in [0.25, 0.3) is 11.6 Å². The number of ether oxygens (including phenoxy) is 2. The molecule has 3 rings (SSSR count). The molecule has 0 aromatic heterocycles. The molecule has 1 aliphatic heterocycles. The van der Waals surface area contributed by atoms with Gasteiger partial charge in [-0.15, -0.1) is 11.8 Å². The minimum Gasteiger partial charge on any atom is -0.493 e. The first-order valence-corrected chi connectivity index (χ1v) is 8.99. The Hall–Kier alpha value is -2.74. The topological polar surface area (TPSA) is 81.9 Å². The van der Waals surface area contributed by atoms with Crippen LogP contribution in [0.4, 0.5) is 5.69 Å². The van der Waals surface area contributed by atoms with Crippen molar-refractivity contribution in [1.29, 1.82) is 0 Å². The van der Waals surface area contributed by atoms with Gasteiger partial charge in [0.1, 0.15) is 5.37 Å². The van der Waals surface area contributed by atoms with Crippen LogP contribution < -0.4 is 9.47 Å². The van der Waals surface area contributed by atoms with E-state index in [2.05, 4.69) is 0 Å². The molecule has 1 amide bonds. The Morgan fingerprint density at radius 1 is 1.19 bits per heavy atom. The van der Waals surface area contributed by atoms with Gasteiger partial charge in [-0.05, 0) is 18.2 Å². The number of hydrogen-bond donors (Lipinski definition) is 0. The fourth-order valence-corrected chi connectivity index (χ4v) is 4.21. The van der Waals surface area contributed by atoms with E-state index in [1.807, 2.05) is 18.2 Å². The molecule has 1 aliphatic rings. The lowest BCUT2D eigenvalue weighted by Gasteiger charge is -2.26. The number of rotatable bonds is 5. The van der Waals surface area contributed by atoms with Crippen molar-refractivity contribution in [3.8, 4) is 11.5 Å². The predicted molar refractivity (Wildman–Crippen MR) is 98.9 cm³/mol. The van der Waals surface area contributed by atoms with Gasteiger partial charge in [0.15, 0.2) is 11.5 Å². The average molecular weight is 374 g/mol. The summed E-state index contributed by atoms with van der Waals surface area (Å²) in [5.74, 6) is 1.85. The van der Waals surface area contributed by atoms with Gasteiger partial charge in [-0.3, -0.25) is 14.9 Å². The Morgan fingerprint density at radius 3 is 2.54 bits per heavy atom. The summed E-state index contributed by atoms with van der Waals surface area (Å²) in [6.07, 6.45) is 0. The first-order valence-electron chi connectivity index (χ1n) is 7.94. The highest BCUT2D eigenvalue weighted by Gasteiger charge is 2.34. The second kappa shape index (κ2) is 7.65. The molecule has 7 nitrogen and oxygen atoms in total. The molecular formula is C18H18N2O5S. The summed E-state index contributed by atoms with van der Waals surface area (Å²) < 4.78 is 10.9. The van der Waals surface area contributed by atoms with E-state index in [-0.39, 0.29) is 17.0 Å². The van der Waals surface area contributed by atoms with E-state index >= 15 is 0 Å². The number of benzene rings is 2. The first-order chi connectivity index (χ1) is 12.6. The summed E-state index contributed by atoms with van der Waals surface area (Å²) in [5, 5.41) is 10.6. The normalized spacial score (nSPS) is 16.4. The van der Waals surface area contributed by atoms with Crippen LogP contribution in [-0.2, 0) is 0 Å². The predicted octanol–water partition coefficient (Wildman–Crippen LogP) is 3.50. The molecule has 0 N–H and O–H groups in total. The van der Waals surface area contributed by atoms with E-state index in [9.17, 15) is 14.9 Å².